The molecule has 26 heavy (non-hydrogen) atoms. The maximum Gasteiger partial charge on any atom is 0.417 e. The van der Waals surface area contributed by atoms with E-state index in [0.29, 0.717) is 0 Å². The van der Waals surface area contributed by atoms with Crippen molar-refractivity contribution in [2.45, 2.75) is 64.6 Å². The summed E-state index contributed by atoms with van der Waals surface area (Å²) in [6.07, 6.45) is 1.60. The Morgan fingerprint density at radius 3 is 2.35 bits per heavy atom. The first-order valence-electron chi connectivity index (χ1n) is 8.91. The van der Waals surface area contributed by atoms with Gasteiger partial charge in [-0.1, -0.05) is 51.2 Å². The average Bonchev–Trinajstić information content (AvgIpc) is 2.59. The van der Waals surface area contributed by atoms with Crippen LogP contribution in [-0.2, 0) is 15.7 Å². The second kappa shape index (κ2) is 10.8. The van der Waals surface area contributed by atoms with E-state index in [0.717, 1.165) is 44.2 Å². The molecule has 0 aromatic heterocycles. The molecule has 0 bridgehead atoms. The van der Waals surface area contributed by atoms with Gasteiger partial charge in [-0.25, -0.2) is 4.79 Å². The van der Waals surface area contributed by atoms with Crippen molar-refractivity contribution in [1.82, 2.24) is 5.32 Å². The number of unbranched alkanes of at least 4 members (excludes halogenated alkanes) is 5. The predicted molar refractivity (Wildman–Crippen MR) is 92.7 cm³/mol. The third-order valence-electron chi connectivity index (χ3n) is 3.92. The number of carbonyl (C=O) groups is 2. The number of benzene rings is 1. The van der Waals surface area contributed by atoms with E-state index < -0.39 is 35.2 Å². The van der Waals surface area contributed by atoms with E-state index in [1.165, 1.54) is 25.5 Å². The molecule has 1 N–H and O–H groups in total. The van der Waals surface area contributed by atoms with Gasteiger partial charge in [-0.3, -0.25) is 4.79 Å². The van der Waals surface area contributed by atoms with Crippen LogP contribution in [0.3, 0.4) is 0 Å². The molecule has 1 aromatic rings. The van der Waals surface area contributed by atoms with E-state index in [2.05, 4.69) is 12.2 Å². The molecule has 0 fully saturated rings. The molecule has 0 aliphatic carbocycles. The van der Waals surface area contributed by atoms with E-state index in [9.17, 15) is 22.8 Å². The molecule has 1 atom stereocenters. The lowest BCUT2D eigenvalue weighted by Crippen LogP contribution is -2.40. The van der Waals surface area contributed by atoms with Crippen molar-refractivity contribution >= 4 is 11.9 Å². The Labute approximate surface area is 152 Å². The topological polar surface area (TPSA) is 55.4 Å². The zero-order valence-electron chi connectivity index (χ0n) is 15.2. The molecule has 0 aliphatic heterocycles. The zero-order chi connectivity index (χ0) is 19.6. The standard InChI is InChI=1S/C19H26F3NO3/c1-3-4-5-6-7-10-13-26-18(25)14(2)23-17(24)15-11-8-9-12-16(15)19(20,21)22/h8-9,11-12,14H,3-7,10,13H2,1-2H3,(H,23,24). The number of alkyl halides is 3. The zero-order valence-corrected chi connectivity index (χ0v) is 15.2. The van der Waals surface area contributed by atoms with Gasteiger partial charge in [0.1, 0.15) is 6.04 Å². The number of amides is 1. The number of nitrogens with one attached hydrogen (secondary N) is 1. The van der Waals surface area contributed by atoms with Crippen molar-refractivity contribution in [3.63, 3.8) is 0 Å². The highest BCUT2D eigenvalue weighted by atomic mass is 19.4. The third-order valence-corrected chi connectivity index (χ3v) is 3.92. The van der Waals surface area contributed by atoms with Crippen molar-refractivity contribution in [3.8, 4) is 0 Å². The van der Waals surface area contributed by atoms with E-state index in [1.54, 1.807) is 0 Å². The minimum absolute atomic E-state index is 0.240. The van der Waals surface area contributed by atoms with Gasteiger partial charge in [0.15, 0.2) is 0 Å². The fourth-order valence-electron chi connectivity index (χ4n) is 2.44. The smallest absolute Gasteiger partial charge is 0.417 e. The van der Waals surface area contributed by atoms with E-state index in [1.807, 2.05) is 0 Å². The maximum atomic E-state index is 12.9. The molecule has 1 unspecified atom stereocenters. The SMILES string of the molecule is CCCCCCCCOC(=O)C(C)NC(=O)c1ccccc1C(F)(F)F. The van der Waals surface area contributed by atoms with Crippen LogP contribution in [0.2, 0.25) is 0 Å². The van der Waals surface area contributed by atoms with Crippen LogP contribution < -0.4 is 5.32 Å². The molecule has 1 rings (SSSR count). The van der Waals surface area contributed by atoms with Crippen LogP contribution >= 0.6 is 0 Å². The fraction of sp³-hybridized carbons (Fsp3) is 0.579. The normalized spacial score (nSPS) is 12.5. The second-order valence-electron chi connectivity index (χ2n) is 6.17. The van der Waals surface area contributed by atoms with Gasteiger partial charge in [-0.2, -0.15) is 13.2 Å². The summed E-state index contributed by atoms with van der Waals surface area (Å²) in [6.45, 7) is 3.76. The lowest BCUT2D eigenvalue weighted by atomic mass is 10.1. The molecule has 146 valence electrons. The Morgan fingerprint density at radius 2 is 1.69 bits per heavy atom. The first-order chi connectivity index (χ1) is 12.3. The summed E-state index contributed by atoms with van der Waals surface area (Å²) in [4.78, 5) is 24.0. The largest absolute Gasteiger partial charge is 0.464 e. The van der Waals surface area contributed by atoms with Gasteiger partial charge < -0.3 is 10.1 Å². The summed E-state index contributed by atoms with van der Waals surface area (Å²) in [7, 11) is 0. The molecule has 1 aromatic carbocycles. The Bertz CT molecular complexity index is 588. The molecular formula is C19H26F3NO3. The van der Waals surface area contributed by atoms with Crippen molar-refractivity contribution in [2.24, 2.45) is 0 Å². The van der Waals surface area contributed by atoms with E-state index in [4.69, 9.17) is 4.74 Å². The molecule has 0 aliphatic rings. The Balaban J connectivity index is 2.46. The van der Waals surface area contributed by atoms with Crippen molar-refractivity contribution in [1.29, 1.82) is 0 Å². The summed E-state index contributed by atoms with van der Waals surface area (Å²) in [6, 6.07) is 3.43. The Hall–Kier alpha value is -2.05. The molecule has 0 radical (unpaired) electrons. The highest BCUT2D eigenvalue weighted by Gasteiger charge is 2.35. The summed E-state index contributed by atoms with van der Waals surface area (Å²) in [5, 5.41) is 2.26. The van der Waals surface area contributed by atoms with E-state index in [-0.39, 0.29) is 6.61 Å². The van der Waals surface area contributed by atoms with Crippen LogP contribution in [0.1, 0.15) is 68.3 Å². The number of esters is 1. The van der Waals surface area contributed by atoms with Crippen molar-refractivity contribution < 1.29 is 27.5 Å². The summed E-state index contributed by atoms with van der Waals surface area (Å²) in [5.74, 6) is -1.61. The van der Waals surface area contributed by atoms with Gasteiger partial charge in [0.2, 0.25) is 0 Å². The number of halogens is 3. The summed E-state index contributed by atoms with van der Waals surface area (Å²) in [5.41, 5.74) is -1.55. The molecular weight excluding hydrogens is 347 g/mol. The molecule has 0 saturated heterocycles. The molecule has 1 amide bonds. The van der Waals surface area contributed by atoms with Gasteiger partial charge in [-0.15, -0.1) is 0 Å². The number of ether oxygens (including phenoxy) is 1. The van der Waals surface area contributed by atoms with Crippen LogP contribution in [0, 0.1) is 0 Å². The Morgan fingerprint density at radius 1 is 1.08 bits per heavy atom. The van der Waals surface area contributed by atoms with Crippen LogP contribution in [0.5, 0.6) is 0 Å². The lowest BCUT2D eigenvalue weighted by Gasteiger charge is -2.16. The van der Waals surface area contributed by atoms with Crippen LogP contribution in [-0.4, -0.2) is 24.5 Å². The summed E-state index contributed by atoms with van der Waals surface area (Å²) >= 11 is 0. The highest BCUT2D eigenvalue weighted by molar-refractivity contribution is 5.98. The summed E-state index contributed by atoms with van der Waals surface area (Å²) < 4.78 is 43.9. The molecule has 0 saturated carbocycles. The monoisotopic (exact) mass is 373 g/mol. The predicted octanol–water partition coefficient (Wildman–Crippen LogP) is 4.73. The minimum atomic E-state index is -4.64. The number of hydrogen-bond donors (Lipinski definition) is 1. The molecule has 0 spiro atoms. The number of hydrogen-bond acceptors (Lipinski definition) is 3. The van der Waals surface area contributed by atoms with Gasteiger partial charge >= 0.3 is 12.1 Å². The number of carbonyl (C=O) groups excluding carboxylic acids is 2. The Kier molecular flexibility index (Phi) is 9.16. The van der Waals surface area contributed by atoms with Crippen LogP contribution in [0.15, 0.2) is 24.3 Å². The van der Waals surface area contributed by atoms with Crippen LogP contribution in [0.4, 0.5) is 13.2 Å². The third kappa shape index (κ3) is 7.45. The van der Waals surface area contributed by atoms with Gasteiger partial charge in [-0.05, 0) is 25.5 Å². The minimum Gasteiger partial charge on any atom is -0.464 e. The van der Waals surface area contributed by atoms with Crippen molar-refractivity contribution in [3.05, 3.63) is 35.4 Å². The lowest BCUT2D eigenvalue weighted by molar-refractivity contribution is -0.145. The number of rotatable bonds is 10. The van der Waals surface area contributed by atoms with Gasteiger partial charge in [0.05, 0.1) is 17.7 Å². The average molecular weight is 373 g/mol. The fourth-order valence-corrected chi connectivity index (χ4v) is 2.44. The highest BCUT2D eigenvalue weighted by Crippen LogP contribution is 2.31. The van der Waals surface area contributed by atoms with Gasteiger partial charge in [0.25, 0.3) is 5.91 Å². The molecule has 0 heterocycles. The van der Waals surface area contributed by atoms with E-state index >= 15 is 0 Å². The second-order valence-corrected chi connectivity index (χ2v) is 6.17. The first kappa shape index (κ1) is 22.0. The van der Waals surface area contributed by atoms with Gasteiger partial charge in [0, 0.05) is 0 Å². The first-order valence-corrected chi connectivity index (χ1v) is 8.91. The molecule has 4 nitrogen and oxygen atoms in total. The van der Waals surface area contributed by atoms with Crippen LogP contribution in [0.25, 0.3) is 0 Å². The maximum absolute atomic E-state index is 12.9. The molecule has 7 heteroatoms. The van der Waals surface area contributed by atoms with Crippen molar-refractivity contribution in [2.75, 3.05) is 6.61 Å². The quantitative estimate of drug-likeness (QED) is 0.477.